The Balaban J connectivity index is 1.63. The van der Waals surface area contributed by atoms with Gasteiger partial charge in [0, 0.05) is 22.2 Å². The fourth-order valence-corrected chi connectivity index (χ4v) is 5.64. The second-order valence-electron chi connectivity index (χ2n) is 6.97. The fraction of sp³-hybridized carbons (Fsp3) is 0.0870. The topological polar surface area (TPSA) is 59.1 Å². The lowest BCUT2D eigenvalue weighted by atomic mass is 10.1. The minimum atomic E-state index is -3.69. The highest BCUT2D eigenvalue weighted by atomic mass is 35.5. The summed E-state index contributed by atoms with van der Waals surface area (Å²) in [6.07, 6.45) is 0. The Kier molecular flexibility index (Phi) is 5.64. The van der Waals surface area contributed by atoms with E-state index in [0.717, 1.165) is 27.4 Å². The fourth-order valence-electron chi connectivity index (χ4n) is 3.22. The number of nitrogens with one attached hydrogen (secondary N) is 1. The van der Waals surface area contributed by atoms with E-state index < -0.39 is 10.0 Å². The molecule has 0 aliphatic rings. The minimum absolute atomic E-state index is 0.271. The Bertz CT molecular complexity index is 1330. The van der Waals surface area contributed by atoms with Crippen molar-refractivity contribution in [2.75, 3.05) is 4.72 Å². The van der Waals surface area contributed by atoms with Crippen LogP contribution in [-0.2, 0) is 10.0 Å². The largest absolute Gasteiger partial charge is 0.280 e. The molecule has 0 saturated heterocycles. The van der Waals surface area contributed by atoms with Crippen LogP contribution in [0.5, 0.6) is 0 Å². The standard InChI is InChI=1S/C23H19ClN2O2S2/c1-15-10-11-22(16(2)12-15)30(27,28)26-18-7-5-6-17(13-18)21-14-29-23(25-21)19-8-3-4-9-20(19)24/h3-14,26H,1-2H3. The lowest BCUT2D eigenvalue weighted by Gasteiger charge is -2.11. The molecule has 152 valence electrons. The molecule has 0 atom stereocenters. The van der Waals surface area contributed by atoms with Crippen molar-refractivity contribution in [3.8, 4) is 21.8 Å². The van der Waals surface area contributed by atoms with Gasteiger partial charge in [0.2, 0.25) is 0 Å². The molecule has 0 aliphatic heterocycles. The van der Waals surface area contributed by atoms with Crippen molar-refractivity contribution in [2.24, 2.45) is 0 Å². The molecule has 4 nitrogen and oxygen atoms in total. The zero-order chi connectivity index (χ0) is 21.3. The maximum absolute atomic E-state index is 12.9. The van der Waals surface area contributed by atoms with Crippen LogP contribution in [0.1, 0.15) is 11.1 Å². The van der Waals surface area contributed by atoms with Crippen molar-refractivity contribution >= 4 is 38.6 Å². The number of aryl methyl sites for hydroxylation is 2. The predicted octanol–water partition coefficient (Wildman–Crippen LogP) is 6.55. The molecule has 3 aromatic carbocycles. The third-order valence-electron chi connectivity index (χ3n) is 4.64. The maximum atomic E-state index is 12.9. The van der Waals surface area contributed by atoms with Gasteiger partial charge in [-0.05, 0) is 43.7 Å². The van der Waals surface area contributed by atoms with Crippen LogP contribution in [0.3, 0.4) is 0 Å². The number of aromatic nitrogens is 1. The summed E-state index contributed by atoms with van der Waals surface area (Å²) in [5.74, 6) is 0. The van der Waals surface area contributed by atoms with E-state index in [0.29, 0.717) is 16.3 Å². The first kappa shape index (κ1) is 20.6. The number of thiazole rings is 1. The van der Waals surface area contributed by atoms with Gasteiger partial charge in [0.25, 0.3) is 10.0 Å². The molecular weight excluding hydrogens is 436 g/mol. The Labute approximate surface area is 185 Å². The van der Waals surface area contributed by atoms with Crippen LogP contribution in [0.15, 0.2) is 77.0 Å². The summed E-state index contributed by atoms with van der Waals surface area (Å²) < 4.78 is 28.4. The van der Waals surface area contributed by atoms with Gasteiger partial charge in [0.05, 0.1) is 15.6 Å². The number of hydrogen-bond donors (Lipinski definition) is 1. The summed E-state index contributed by atoms with van der Waals surface area (Å²) in [4.78, 5) is 4.96. The Morgan fingerprint density at radius 1 is 0.967 bits per heavy atom. The molecule has 1 aromatic heterocycles. The van der Waals surface area contributed by atoms with Gasteiger partial charge >= 0.3 is 0 Å². The minimum Gasteiger partial charge on any atom is -0.280 e. The highest BCUT2D eigenvalue weighted by Crippen LogP contribution is 2.33. The smallest absolute Gasteiger partial charge is 0.262 e. The molecule has 1 heterocycles. The molecule has 0 bridgehead atoms. The molecule has 7 heteroatoms. The SMILES string of the molecule is Cc1ccc(S(=O)(=O)Nc2cccc(-c3csc(-c4ccccc4Cl)n3)c2)c(C)c1. The van der Waals surface area contributed by atoms with Crippen molar-refractivity contribution in [1.82, 2.24) is 4.98 Å². The Hall–Kier alpha value is -2.67. The average Bonchev–Trinajstić information content (AvgIpc) is 3.18. The molecule has 0 unspecified atom stereocenters. The normalized spacial score (nSPS) is 11.4. The number of sulfonamides is 1. The zero-order valence-electron chi connectivity index (χ0n) is 16.4. The van der Waals surface area contributed by atoms with E-state index in [4.69, 9.17) is 11.6 Å². The first-order valence-electron chi connectivity index (χ1n) is 9.24. The number of rotatable bonds is 5. The molecular formula is C23H19ClN2O2S2. The third kappa shape index (κ3) is 4.26. The molecule has 0 fully saturated rings. The summed E-state index contributed by atoms with van der Waals surface area (Å²) >= 11 is 7.78. The van der Waals surface area contributed by atoms with Crippen LogP contribution in [0.25, 0.3) is 21.8 Å². The van der Waals surface area contributed by atoms with E-state index in [1.807, 2.05) is 54.8 Å². The highest BCUT2D eigenvalue weighted by molar-refractivity contribution is 7.92. The number of benzene rings is 3. The summed E-state index contributed by atoms with van der Waals surface area (Å²) in [6, 6.07) is 20.1. The maximum Gasteiger partial charge on any atom is 0.262 e. The number of hydrogen-bond acceptors (Lipinski definition) is 4. The summed E-state index contributed by atoms with van der Waals surface area (Å²) in [5.41, 5.74) is 4.68. The van der Waals surface area contributed by atoms with Crippen LogP contribution in [0.4, 0.5) is 5.69 Å². The second kappa shape index (κ2) is 8.22. The van der Waals surface area contributed by atoms with Crippen LogP contribution in [0.2, 0.25) is 5.02 Å². The second-order valence-corrected chi connectivity index (χ2v) is 9.89. The van der Waals surface area contributed by atoms with E-state index in [2.05, 4.69) is 9.71 Å². The number of nitrogens with zero attached hydrogens (tertiary/aromatic N) is 1. The summed E-state index contributed by atoms with van der Waals surface area (Å²) in [6.45, 7) is 3.73. The lowest BCUT2D eigenvalue weighted by Crippen LogP contribution is -2.14. The van der Waals surface area contributed by atoms with Gasteiger partial charge in [-0.2, -0.15) is 0 Å². The van der Waals surface area contributed by atoms with E-state index in [9.17, 15) is 8.42 Å². The predicted molar refractivity (Wildman–Crippen MR) is 125 cm³/mol. The zero-order valence-corrected chi connectivity index (χ0v) is 18.8. The van der Waals surface area contributed by atoms with Gasteiger partial charge in [0.15, 0.2) is 0 Å². The molecule has 4 aromatic rings. The van der Waals surface area contributed by atoms with Crippen molar-refractivity contribution < 1.29 is 8.42 Å². The molecule has 0 saturated carbocycles. The van der Waals surface area contributed by atoms with Gasteiger partial charge in [-0.15, -0.1) is 11.3 Å². The van der Waals surface area contributed by atoms with E-state index in [-0.39, 0.29) is 4.90 Å². The van der Waals surface area contributed by atoms with Gasteiger partial charge in [-0.1, -0.05) is 59.6 Å². The quantitative estimate of drug-likeness (QED) is 0.372. The lowest BCUT2D eigenvalue weighted by molar-refractivity contribution is 0.600. The Morgan fingerprint density at radius 3 is 2.53 bits per heavy atom. The van der Waals surface area contributed by atoms with Gasteiger partial charge < -0.3 is 0 Å². The van der Waals surface area contributed by atoms with Crippen LogP contribution >= 0.6 is 22.9 Å². The van der Waals surface area contributed by atoms with Crippen LogP contribution in [-0.4, -0.2) is 13.4 Å². The summed E-state index contributed by atoms with van der Waals surface area (Å²) in [7, 11) is -3.69. The number of halogens is 1. The van der Waals surface area contributed by atoms with E-state index in [1.54, 1.807) is 31.2 Å². The molecule has 30 heavy (non-hydrogen) atoms. The van der Waals surface area contributed by atoms with Crippen molar-refractivity contribution in [2.45, 2.75) is 18.7 Å². The van der Waals surface area contributed by atoms with Gasteiger partial charge in [0.1, 0.15) is 5.01 Å². The molecule has 0 aliphatic carbocycles. The monoisotopic (exact) mass is 454 g/mol. The van der Waals surface area contributed by atoms with E-state index in [1.165, 1.54) is 11.3 Å². The molecule has 0 amide bonds. The molecule has 1 N–H and O–H groups in total. The molecule has 4 rings (SSSR count). The molecule has 0 spiro atoms. The van der Waals surface area contributed by atoms with Crippen molar-refractivity contribution in [3.05, 3.63) is 88.3 Å². The molecule has 0 radical (unpaired) electrons. The van der Waals surface area contributed by atoms with Crippen LogP contribution in [0, 0.1) is 13.8 Å². The van der Waals surface area contributed by atoms with E-state index >= 15 is 0 Å². The van der Waals surface area contributed by atoms with Gasteiger partial charge in [-0.3, -0.25) is 4.72 Å². The number of anilines is 1. The van der Waals surface area contributed by atoms with Crippen molar-refractivity contribution in [1.29, 1.82) is 0 Å². The average molecular weight is 455 g/mol. The highest BCUT2D eigenvalue weighted by Gasteiger charge is 2.17. The van der Waals surface area contributed by atoms with Gasteiger partial charge in [-0.25, -0.2) is 13.4 Å². The first-order valence-corrected chi connectivity index (χ1v) is 12.0. The van der Waals surface area contributed by atoms with Crippen molar-refractivity contribution in [3.63, 3.8) is 0 Å². The third-order valence-corrected chi connectivity index (χ3v) is 7.39. The first-order chi connectivity index (χ1) is 14.3. The van der Waals surface area contributed by atoms with Crippen LogP contribution < -0.4 is 4.72 Å². The summed E-state index contributed by atoms with van der Waals surface area (Å²) in [5, 5.41) is 3.40. The Morgan fingerprint density at radius 2 is 1.77 bits per heavy atom.